The summed E-state index contributed by atoms with van der Waals surface area (Å²) >= 11 is 0. The number of alkyl carbamates (subject to hydrolysis) is 1. The Labute approximate surface area is 278 Å². The van der Waals surface area contributed by atoms with Crippen molar-refractivity contribution in [3.63, 3.8) is 0 Å². The molecule has 0 aliphatic carbocycles. The van der Waals surface area contributed by atoms with Crippen LogP contribution in [0.3, 0.4) is 0 Å². The predicted molar refractivity (Wildman–Crippen MR) is 189 cm³/mol. The molecule has 4 aromatic carbocycles. The molecule has 8 rings (SSSR count). The third kappa shape index (κ3) is 5.34. The van der Waals surface area contributed by atoms with Crippen molar-refractivity contribution in [2.45, 2.75) is 64.1 Å². The van der Waals surface area contributed by atoms with Crippen LogP contribution in [0.15, 0.2) is 60.7 Å². The number of imidazole rings is 2. The number of rotatable bonds is 6. The quantitative estimate of drug-likeness (QED) is 0.151. The summed E-state index contributed by atoms with van der Waals surface area (Å²) in [5.74, 6) is 1.61. The molecule has 2 saturated heterocycles. The van der Waals surface area contributed by atoms with Gasteiger partial charge in [0.05, 0.1) is 41.3 Å². The molecule has 0 spiro atoms. The number of piperidine rings is 1. The SMILES string of the molecule is COC(=O)N[C@H](C(=O)N1CCC[C@H]1c1nc2c(ccc3cc(-c4ccc5c(ccc6[nH]c([C@@H]7CCCCN7)nc65)c4)ccc32)[nH]1)C(C)C. The number of aromatic amines is 2. The van der Waals surface area contributed by atoms with Gasteiger partial charge in [-0.1, -0.05) is 56.7 Å². The zero-order valence-corrected chi connectivity index (χ0v) is 27.6. The number of likely N-dealkylation sites (tertiary alicyclic amines) is 1. The zero-order valence-electron chi connectivity index (χ0n) is 27.6. The minimum atomic E-state index is -0.668. The highest BCUT2D eigenvalue weighted by Gasteiger charge is 2.37. The van der Waals surface area contributed by atoms with E-state index in [-0.39, 0.29) is 17.9 Å². The Morgan fingerprint density at radius 1 is 0.833 bits per heavy atom. The molecule has 2 aromatic heterocycles. The minimum Gasteiger partial charge on any atom is -0.453 e. The molecule has 10 heteroatoms. The fourth-order valence-electron chi connectivity index (χ4n) is 7.60. The van der Waals surface area contributed by atoms with Crippen LogP contribution in [0.25, 0.3) is 54.7 Å². The maximum atomic E-state index is 13.6. The first kappa shape index (κ1) is 30.4. The standard InChI is InChI=1S/C38H41N7O3/c1-21(2)32(44-38(47)48-3)37(46)45-18-6-8-31(45)36-41-29-16-12-25-20-23(10-14-27(25)34(29)43-36)22-9-13-26-24(19-22)11-15-28-33(26)42-35(40-28)30-7-4-5-17-39-30/h9-16,19-21,30-32,39H,4-8,17-18H2,1-3H3,(H,40,42)(H,41,43)(H,44,47)/t30-,31-,32-/m0/s1. The number of nitrogens with one attached hydrogen (secondary N) is 4. The van der Waals surface area contributed by atoms with E-state index in [1.54, 1.807) is 0 Å². The third-order valence-corrected chi connectivity index (χ3v) is 10.2. The molecule has 4 N–H and O–H groups in total. The minimum absolute atomic E-state index is 0.0859. The number of H-pyrrole nitrogens is 2. The molecule has 0 saturated carbocycles. The van der Waals surface area contributed by atoms with Gasteiger partial charge >= 0.3 is 6.09 Å². The molecular formula is C38H41N7O3. The average Bonchev–Trinajstić information content (AvgIpc) is 3.88. The Morgan fingerprint density at radius 2 is 1.48 bits per heavy atom. The van der Waals surface area contributed by atoms with Gasteiger partial charge in [-0.05, 0) is 84.3 Å². The molecule has 2 amide bonds. The Morgan fingerprint density at radius 3 is 2.08 bits per heavy atom. The first-order valence-electron chi connectivity index (χ1n) is 17.1. The summed E-state index contributed by atoms with van der Waals surface area (Å²) in [6.07, 6.45) is 4.65. The first-order chi connectivity index (χ1) is 23.4. The van der Waals surface area contributed by atoms with Crippen LogP contribution >= 0.6 is 0 Å². The maximum Gasteiger partial charge on any atom is 0.407 e. The fourth-order valence-corrected chi connectivity index (χ4v) is 7.60. The highest BCUT2D eigenvalue weighted by Crippen LogP contribution is 2.36. The molecular weight excluding hydrogens is 602 g/mol. The van der Waals surface area contributed by atoms with E-state index in [4.69, 9.17) is 14.7 Å². The molecule has 10 nitrogen and oxygen atoms in total. The van der Waals surface area contributed by atoms with Gasteiger partial charge in [0, 0.05) is 17.3 Å². The van der Waals surface area contributed by atoms with E-state index >= 15 is 0 Å². The van der Waals surface area contributed by atoms with Crippen molar-refractivity contribution in [3.8, 4) is 11.1 Å². The van der Waals surface area contributed by atoms with Gasteiger partial charge in [-0.2, -0.15) is 0 Å². The van der Waals surface area contributed by atoms with E-state index in [1.807, 2.05) is 18.7 Å². The number of methoxy groups -OCH3 is 1. The van der Waals surface area contributed by atoms with Crippen LogP contribution in [0, 0.1) is 5.92 Å². The van der Waals surface area contributed by atoms with Crippen LogP contribution in [0.1, 0.15) is 69.7 Å². The monoisotopic (exact) mass is 643 g/mol. The van der Waals surface area contributed by atoms with E-state index in [0.29, 0.717) is 12.6 Å². The lowest BCUT2D eigenvalue weighted by atomic mass is 9.98. The second kappa shape index (κ2) is 12.2. The molecule has 6 aromatic rings. The topological polar surface area (TPSA) is 128 Å². The van der Waals surface area contributed by atoms with Crippen LogP contribution in [-0.2, 0) is 9.53 Å². The zero-order chi connectivity index (χ0) is 32.9. The Hall–Kier alpha value is -4.96. The van der Waals surface area contributed by atoms with Gasteiger partial charge in [0.25, 0.3) is 0 Å². The van der Waals surface area contributed by atoms with Crippen molar-refractivity contribution in [1.29, 1.82) is 0 Å². The molecule has 2 fully saturated rings. The van der Waals surface area contributed by atoms with Crippen molar-refractivity contribution in [2.24, 2.45) is 5.92 Å². The largest absolute Gasteiger partial charge is 0.453 e. The molecule has 4 heterocycles. The Balaban J connectivity index is 1.08. The van der Waals surface area contributed by atoms with E-state index < -0.39 is 12.1 Å². The Bertz CT molecular complexity index is 2180. The van der Waals surface area contributed by atoms with Gasteiger partial charge < -0.3 is 30.2 Å². The van der Waals surface area contributed by atoms with Gasteiger partial charge in [-0.25, -0.2) is 14.8 Å². The summed E-state index contributed by atoms with van der Waals surface area (Å²) in [5.41, 5.74) is 6.22. The van der Waals surface area contributed by atoms with Crippen LogP contribution in [-0.4, -0.2) is 63.1 Å². The predicted octanol–water partition coefficient (Wildman–Crippen LogP) is 7.27. The second-order valence-electron chi connectivity index (χ2n) is 13.6. The number of fused-ring (bicyclic) bond motifs is 6. The van der Waals surface area contributed by atoms with Gasteiger partial charge in [0.1, 0.15) is 17.7 Å². The number of aromatic nitrogens is 4. The summed E-state index contributed by atoms with van der Waals surface area (Å²) in [6.45, 7) is 5.51. The fraction of sp³-hybridized carbons (Fsp3) is 0.368. The van der Waals surface area contributed by atoms with Crippen LogP contribution in [0.5, 0.6) is 0 Å². The highest BCUT2D eigenvalue weighted by molar-refractivity contribution is 6.07. The molecule has 48 heavy (non-hydrogen) atoms. The molecule has 2 aliphatic heterocycles. The molecule has 0 bridgehead atoms. The molecule has 2 aliphatic rings. The molecule has 0 unspecified atom stereocenters. The maximum absolute atomic E-state index is 13.6. The lowest BCUT2D eigenvalue weighted by molar-refractivity contribution is -0.135. The number of benzene rings is 4. The van der Waals surface area contributed by atoms with Crippen molar-refractivity contribution < 1.29 is 14.3 Å². The highest BCUT2D eigenvalue weighted by atomic mass is 16.5. The van der Waals surface area contributed by atoms with E-state index in [9.17, 15) is 9.59 Å². The third-order valence-electron chi connectivity index (χ3n) is 10.2. The summed E-state index contributed by atoms with van der Waals surface area (Å²) in [7, 11) is 1.31. The van der Waals surface area contributed by atoms with Crippen LogP contribution in [0.2, 0.25) is 0 Å². The number of nitrogens with zero attached hydrogens (tertiary/aromatic N) is 3. The smallest absolute Gasteiger partial charge is 0.407 e. The summed E-state index contributed by atoms with van der Waals surface area (Å²) in [4.78, 5) is 44.7. The van der Waals surface area contributed by atoms with E-state index in [2.05, 4.69) is 81.3 Å². The number of hydrogen-bond donors (Lipinski definition) is 4. The van der Waals surface area contributed by atoms with Gasteiger partial charge in [0.15, 0.2) is 0 Å². The number of carbonyl (C=O) groups excluding carboxylic acids is 2. The van der Waals surface area contributed by atoms with Gasteiger partial charge in [0.2, 0.25) is 5.91 Å². The van der Waals surface area contributed by atoms with Crippen molar-refractivity contribution in [3.05, 3.63) is 72.3 Å². The Kier molecular flexibility index (Phi) is 7.75. The van der Waals surface area contributed by atoms with Gasteiger partial charge in [-0.3, -0.25) is 4.79 Å². The molecule has 0 radical (unpaired) electrons. The lowest BCUT2D eigenvalue weighted by Gasteiger charge is -2.29. The van der Waals surface area contributed by atoms with Gasteiger partial charge in [-0.15, -0.1) is 0 Å². The number of hydrogen-bond acceptors (Lipinski definition) is 6. The normalized spacial score (nSPS) is 19.1. The van der Waals surface area contributed by atoms with Crippen molar-refractivity contribution in [1.82, 2.24) is 35.5 Å². The van der Waals surface area contributed by atoms with Crippen molar-refractivity contribution >= 4 is 55.6 Å². The number of amides is 2. The molecule has 246 valence electrons. The second-order valence-corrected chi connectivity index (χ2v) is 13.6. The van der Waals surface area contributed by atoms with E-state index in [0.717, 1.165) is 86.8 Å². The number of ether oxygens (including phenoxy) is 1. The van der Waals surface area contributed by atoms with Crippen LogP contribution < -0.4 is 10.6 Å². The summed E-state index contributed by atoms with van der Waals surface area (Å²) in [6, 6.07) is 21.1. The summed E-state index contributed by atoms with van der Waals surface area (Å²) in [5, 5.41) is 10.8. The molecule has 3 atom stereocenters. The van der Waals surface area contributed by atoms with E-state index in [1.165, 1.54) is 25.3 Å². The van der Waals surface area contributed by atoms with Crippen molar-refractivity contribution in [2.75, 3.05) is 20.2 Å². The lowest BCUT2D eigenvalue weighted by Crippen LogP contribution is -2.51. The van der Waals surface area contributed by atoms with Crippen LogP contribution in [0.4, 0.5) is 4.79 Å². The average molecular weight is 644 g/mol. The number of carbonyl (C=O) groups is 2. The first-order valence-corrected chi connectivity index (χ1v) is 17.1. The summed E-state index contributed by atoms with van der Waals surface area (Å²) < 4.78 is 4.78.